The van der Waals surface area contributed by atoms with Gasteiger partial charge in [0.15, 0.2) is 0 Å². The van der Waals surface area contributed by atoms with Gasteiger partial charge in [0, 0.05) is 13.0 Å². The zero-order chi connectivity index (χ0) is 10.7. The van der Waals surface area contributed by atoms with Gasteiger partial charge in [-0.1, -0.05) is 13.0 Å². The predicted molar refractivity (Wildman–Crippen MR) is 60.9 cm³/mol. The number of rotatable bonds is 4. The summed E-state index contributed by atoms with van der Waals surface area (Å²) in [5, 5.41) is 8.74. The molecule has 0 atom stereocenters. The van der Waals surface area contributed by atoms with E-state index in [0.29, 0.717) is 0 Å². The highest BCUT2D eigenvalue weighted by atomic mass is 16.2. The molecule has 0 aliphatic rings. The number of hydrogen-bond donors (Lipinski definition) is 2. The zero-order valence-corrected chi connectivity index (χ0v) is 8.95. The minimum atomic E-state index is 0.219. The van der Waals surface area contributed by atoms with Crippen molar-refractivity contribution in [2.75, 3.05) is 6.61 Å². The number of fused-ring (bicyclic) bond motifs is 1. The molecule has 1 aromatic heterocycles. The first kappa shape index (κ1) is 10.2. The highest BCUT2D eigenvalue weighted by Crippen LogP contribution is 2.14. The van der Waals surface area contributed by atoms with Gasteiger partial charge in [0.2, 0.25) is 0 Å². The molecule has 2 N–H and O–H groups in total. The van der Waals surface area contributed by atoms with E-state index in [-0.39, 0.29) is 6.61 Å². The van der Waals surface area contributed by atoms with E-state index in [1.54, 1.807) is 0 Å². The fourth-order valence-corrected chi connectivity index (χ4v) is 1.69. The lowest BCUT2D eigenvalue weighted by molar-refractivity contribution is 0.287. The lowest BCUT2D eigenvalue weighted by Gasteiger charge is -1.94. The Bertz CT molecular complexity index is 448. The van der Waals surface area contributed by atoms with Gasteiger partial charge in [-0.3, -0.25) is 0 Å². The van der Waals surface area contributed by atoms with Crippen LogP contribution in [0.1, 0.15) is 24.7 Å². The topological polar surface area (TPSA) is 48.9 Å². The lowest BCUT2D eigenvalue weighted by Crippen LogP contribution is -1.90. The third kappa shape index (κ3) is 2.18. The molecular formula is C12H16N2O. The molecule has 0 unspecified atom stereocenters. The molecule has 3 heteroatoms. The van der Waals surface area contributed by atoms with Gasteiger partial charge in [0.25, 0.3) is 0 Å². The Morgan fingerprint density at radius 1 is 1.40 bits per heavy atom. The van der Waals surface area contributed by atoms with E-state index in [0.717, 1.165) is 36.1 Å². The number of nitrogens with one attached hydrogen (secondary N) is 1. The maximum atomic E-state index is 8.74. The first-order valence-corrected chi connectivity index (χ1v) is 5.42. The van der Waals surface area contributed by atoms with Crippen molar-refractivity contribution in [3.05, 3.63) is 29.6 Å². The number of H-pyrrole nitrogens is 1. The molecule has 3 nitrogen and oxygen atoms in total. The molecule has 0 amide bonds. The summed E-state index contributed by atoms with van der Waals surface area (Å²) in [6.07, 6.45) is 2.62. The molecule has 0 fully saturated rings. The third-order valence-electron chi connectivity index (χ3n) is 2.58. The Morgan fingerprint density at radius 3 is 3.00 bits per heavy atom. The number of nitrogens with zero attached hydrogens (tertiary/aromatic N) is 1. The maximum absolute atomic E-state index is 8.74. The highest BCUT2D eigenvalue weighted by molar-refractivity contribution is 5.75. The molecular weight excluding hydrogens is 188 g/mol. The highest BCUT2D eigenvalue weighted by Gasteiger charge is 2.02. The molecule has 1 heterocycles. The zero-order valence-electron chi connectivity index (χ0n) is 8.95. The van der Waals surface area contributed by atoms with Crippen molar-refractivity contribution in [2.45, 2.75) is 26.2 Å². The number of aliphatic hydroxyl groups is 1. The Kier molecular flexibility index (Phi) is 3.02. The number of aryl methyl sites for hydroxylation is 2. The third-order valence-corrected chi connectivity index (χ3v) is 2.58. The average Bonchev–Trinajstić information content (AvgIpc) is 2.67. The van der Waals surface area contributed by atoms with Crippen molar-refractivity contribution < 1.29 is 5.11 Å². The molecule has 0 aliphatic heterocycles. The normalized spacial score (nSPS) is 11.1. The summed E-state index contributed by atoms with van der Waals surface area (Å²) in [7, 11) is 0. The molecule has 1 aromatic carbocycles. The largest absolute Gasteiger partial charge is 0.396 e. The van der Waals surface area contributed by atoms with E-state index in [2.05, 4.69) is 29.0 Å². The van der Waals surface area contributed by atoms with Crippen molar-refractivity contribution in [1.82, 2.24) is 9.97 Å². The molecule has 0 saturated heterocycles. The minimum absolute atomic E-state index is 0.219. The molecule has 0 aliphatic carbocycles. The SMILES string of the molecule is CCc1ccc2nc(CCCO)[nH]c2c1. The Balaban J connectivity index is 2.29. The van der Waals surface area contributed by atoms with E-state index in [9.17, 15) is 0 Å². The van der Waals surface area contributed by atoms with E-state index in [1.165, 1.54) is 5.56 Å². The summed E-state index contributed by atoms with van der Waals surface area (Å²) < 4.78 is 0. The van der Waals surface area contributed by atoms with Gasteiger partial charge >= 0.3 is 0 Å². The van der Waals surface area contributed by atoms with Gasteiger partial charge in [0.1, 0.15) is 5.82 Å². The van der Waals surface area contributed by atoms with Gasteiger partial charge in [-0.05, 0) is 30.5 Å². The number of benzene rings is 1. The van der Waals surface area contributed by atoms with Crippen LogP contribution in [0, 0.1) is 0 Å². The fourth-order valence-electron chi connectivity index (χ4n) is 1.69. The smallest absolute Gasteiger partial charge is 0.107 e. The predicted octanol–water partition coefficient (Wildman–Crippen LogP) is 2.05. The quantitative estimate of drug-likeness (QED) is 0.800. The van der Waals surface area contributed by atoms with Crippen molar-refractivity contribution >= 4 is 11.0 Å². The molecule has 0 bridgehead atoms. The molecule has 0 saturated carbocycles. The molecule has 80 valence electrons. The van der Waals surface area contributed by atoms with Crippen molar-refractivity contribution in [3.63, 3.8) is 0 Å². The van der Waals surface area contributed by atoms with Gasteiger partial charge in [0.05, 0.1) is 11.0 Å². The summed E-state index contributed by atoms with van der Waals surface area (Å²) in [4.78, 5) is 7.74. The number of hydrogen-bond acceptors (Lipinski definition) is 2. The fraction of sp³-hybridized carbons (Fsp3) is 0.417. The van der Waals surface area contributed by atoms with Crippen LogP contribution in [-0.4, -0.2) is 21.7 Å². The van der Waals surface area contributed by atoms with E-state index in [4.69, 9.17) is 5.11 Å². The molecule has 2 rings (SSSR count). The maximum Gasteiger partial charge on any atom is 0.107 e. The van der Waals surface area contributed by atoms with Crippen molar-refractivity contribution in [2.24, 2.45) is 0 Å². The van der Waals surface area contributed by atoms with Crippen LogP contribution in [-0.2, 0) is 12.8 Å². The Labute approximate surface area is 89.2 Å². The Morgan fingerprint density at radius 2 is 2.27 bits per heavy atom. The van der Waals surface area contributed by atoms with E-state index < -0.39 is 0 Å². The summed E-state index contributed by atoms with van der Waals surface area (Å²) in [5.74, 6) is 0.965. The van der Waals surface area contributed by atoms with Crippen LogP contribution in [0.15, 0.2) is 18.2 Å². The lowest BCUT2D eigenvalue weighted by atomic mass is 10.1. The summed E-state index contributed by atoms with van der Waals surface area (Å²) in [6, 6.07) is 6.30. The van der Waals surface area contributed by atoms with Crippen LogP contribution in [0.25, 0.3) is 11.0 Å². The number of aliphatic hydroxyl groups excluding tert-OH is 1. The average molecular weight is 204 g/mol. The van der Waals surface area contributed by atoms with Crippen LogP contribution >= 0.6 is 0 Å². The van der Waals surface area contributed by atoms with Gasteiger partial charge in [-0.15, -0.1) is 0 Å². The minimum Gasteiger partial charge on any atom is -0.396 e. The molecule has 0 spiro atoms. The molecule has 15 heavy (non-hydrogen) atoms. The molecule has 2 aromatic rings. The first-order chi connectivity index (χ1) is 7.33. The van der Waals surface area contributed by atoms with Crippen LogP contribution in [0.5, 0.6) is 0 Å². The van der Waals surface area contributed by atoms with Gasteiger partial charge < -0.3 is 10.1 Å². The van der Waals surface area contributed by atoms with Crippen LogP contribution in [0.2, 0.25) is 0 Å². The van der Waals surface area contributed by atoms with Crippen LogP contribution in [0.4, 0.5) is 0 Å². The second-order valence-electron chi connectivity index (χ2n) is 3.72. The van der Waals surface area contributed by atoms with Gasteiger partial charge in [-0.2, -0.15) is 0 Å². The Hall–Kier alpha value is -1.35. The number of aromatic amines is 1. The van der Waals surface area contributed by atoms with E-state index in [1.807, 2.05) is 6.07 Å². The van der Waals surface area contributed by atoms with Gasteiger partial charge in [-0.25, -0.2) is 4.98 Å². The standard InChI is InChI=1S/C12H16N2O/c1-2-9-5-6-10-11(8-9)14-12(13-10)4-3-7-15/h5-6,8,15H,2-4,7H2,1H3,(H,13,14). The summed E-state index contributed by atoms with van der Waals surface area (Å²) in [6.45, 7) is 2.36. The second-order valence-corrected chi connectivity index (χ2v) is 3.72. The second kappa shape index (κ2) is 4.45. The van der Waals surface area contributed by atoms with Crippen LogP contribution in [0.3, 0.4) is 0 Å². The number of imidazole rings is 1. The van der Waals surface area contributed by atoms with Crippen LogP contribution < -0.4 is 0 Å². The van der Waals surface area contributed by atoms with E-state index >= 15 is 0 Å². The van der Waals surface area contributed by atoms with Crippen molar-refractivity contribution in [1.29, 1.82) is 0 Å². The summed E-state index contributed by atoms with van der Waals surface area (Å²) in [5.41, 5.74) is 3.43. The number of aromatic nitrogens is 2. The monoisotopic (exact) mass is 204 g/mol. The molecule has 0 radical (unpaired) electrons. The summed E-state index contributed by atoms with van der Waals surface area (Å²) >= 11 is 0. The first-order valence-electron chi connectivity index (χ1n) is 5.42. The van der Waals surface area contributed by atoms with Crippen molar-refractivity contribution in [3.8, 4) is 0 Å².